The number of hydrogen-bond acceptors (Lipinski definition) is 5. The minimum absolute atomic E-state index is 0.269. The highest BCUT2D eigenvalue weighted by atomic mass is 16.7. The topological polar surface area (TPSA) is 40.2 Å². The Morgan fingerprint density at radius 3 is 2.32 bits per heavy atom. The highest BCUT2D eigenvalue weighted by molar-refractivity contribution is 6.15. The summed E-state index contributed by atoms with van der Waals surface area (Å²) in [5, 5.41) is 4.59. The normalized spacial score (nSPS) is 15.8. The number of nitrogens with zero attached hydrogens (tertiary/aromatic N) is 1. The lowest BCUT2D eigenvalue weighted by Gasteiger charge is -2.28. The molecule has 0 saturated heterocycles. The second-order valence-electron chi connectivity index (χ2n) is 6.66. The van der Waals surface area contributed by atoms with Gasteiger partial charge in [0.2, 0.25) is 6.79 Å². The van der Waals surface area contributed by atoms with Crippen LogP contribution in [0.2, 0.25) is 0 Å². The summed E-state index contributed by atoms with van der Waals surface area (Å²) >= 11 is 0. The summed E-state index contributed by atoms with van der Waals surface area (Å²) in [6.07, 6.45) is 0. The molecular formula is C20H19NO4. The van der Waals surface area contributed by atoms with Crippen LogP contribution >= 0.6 is 0 Å². The SMILES string of the molecule is COc1cc2c3c(cc4cc5c(cc4c3c1OC)OCO5)CN(C)C2. The summed E-state index contributed by atoms with van der Waals surface area (Å²) in [6, 6.07) is 8.46. The largest absolute Gasteiger partial charge is 0.493 e. The number of benzene rings is 3. The molecule has 2 aliphatic heterocycles. The molecule has 0 aliphatic carbocycles. The van der Waals surface area contributed by atoms with E-state index in [0.717, 1.165) is 52.2 Å². The van der Waals surface area contributed by atoms with Crippen LogP contribution in [-0.2, 0) is 13.1 Å². The van der Waals surface area contributed by atoms with Crippen LogP contribution in [0, 0.1) is 0 Å². The Morgan fingerprint density at radius 1 is 0.880 bits per heavy atom. The number of ether oxygens (including phenoxy) is 4. The zero-order valence-electron chi connectivity index (χ0n) is 14.5. The second-order valence-corrected chi connectivity index (χ2v) is 6.66. The van der Waals surface area contributed by atoms with Crippen molar-refractivity contribution < 1.29 is 18.9 Å². The molecular weight excluding hydrogens is 318 g/mol. The average Bonchev–Trinajstić information content (AvgIpc) is 3.06. The first-order chi connectivity index (χ1) is 12.2. The third kappa shape index (κ3) is 1.99. The Labute approximate surface area is 145 Å². The van der Waals surface area contributed by atoms with Crippen molar-refractivity contribution in [2.24, 2.45) is 0 Å². The van der Waals surface area contributed by atoms with E-state index >= 15 is 0 Å². The maximum atomic E-state index is 5.77. The number of fused-ring (bicyclic) bond motifs is 3. The molecule has 0 fully saturated rings. The van der Waals surface area contributed by atoms with Crippen molar-refractivity contribution in [1.82, 2.24) is 4.90 Å². The molecule has 2 heterocycles. The number of methoxy groups -OCH3 is 2. The van der Waals surface area contributed by atoms with Crippen LogP contribution < -0.4 is 18.9 Å². The van der Waals surface area contributed by atoms with Gasteiger partial charge in [0.1, 0.15) is 0 Å². The van der Waals surface area contributed by atoms with Gasteiger partial charge < -0.3 is 18.9 Å². The first-order valence-electron chi connectivity index (χ1n) is 8.31. The number of hydrogen-bond donors (Lipinski definition) is 0. The lowest BCUT2D eigenvalue weighted by atomic mass is 9.90. The predicted molar refractivity (Wildman–Crippen MR) is 95.9 cm³/mol. The lowest BCUT2D eigenvalue weighted by Crippen LogP contribution is -2.22. The predicted octanol–water partition coefficient (Wildman–Crippen LogP) is 3.68. The van der Waals surface area contributed by atoms with E-state index in [4.69, 9.17) is 18.9 Å². The Hall–Kier alpha value is -2.66. The van der Waals surface area contributed by atoms with Crippen molar-refractivity contribution in [2.75, 3.05) is 28.1 Å². The molecule has 0 atom stereocenters. The van der Waals surface area contributed by atoms with Crippen LogP contribution in [0.4, 0.5) is 0 Å². The lowest BCUT2D eigenvalue weighted by molar-refractivity contribution is 0.174. The first-order valence-corrected chi connectivity index (χ1v) is 8.31. The maximum Gasteiger partial charge on any atom is 0.231 e. The molecule has 5 nitrogen and oxygen atoms in total. The van der Waals surface area contributed by atoms with Crippen LogP contribution in [0.5, 0.6) is 23.0 Å². The summed E-state index contributed by atoms with van der Waals surface area (Å²) in [4.78, 5) is 2.31. The molecule has 0 N–H and O–H groups in total. The van der Waals surface area contributed by atoms with Gasteiger partial charge in [0, 0.05) is 18.5 Å². The summed E-state index contributed by atoms with van der Waals surface area (Å²) in [5.41, 5.74) is 2.56. The van der Waals surface area contributed by atoms with Gasteiger partial charge in [0.15, 0.2) is 23.0 Å². The highest BCUT2D eigenvalue weighted by Crippen LogP contribution is 2.47. The molecule has 0 spiro atoms. The van der Waals surface area contributed by atoms with Gasteiger partial charge in [0.05, 0.1) is 14.2 Å². The average molecular weight is 337 g/mol. The molecule has 0 aromatic heterocycles. The first kappa shape index (κ1) is 14.7. The van der Waals surface area contributed by atoms with Gasteiger partial charge in [-0.1, -0.05) is 0 Å². The van der Waals surface area contributed by atoms with Gasteiger partial charge in [0.25, 0.3) is 0 Å². The molecule has 0 amide bonds. The van der Waals surface area contributed by atoms with Crippen molar-refractivity contribution >= 4 is 21.5 Å². The second kappa shape index (κ2) is 5.17. The molecule has 5 heteroatoms. The van der Waals surface area contributed by atoms with Crippen LogP contribution in [0.1, 0.15) is 11.1 Å². The van der Waals surface area contributed by atoms with Gasteiger partial charge >= 0.3 is 0 Å². The van der Waals surface area contributed by atoms with E-state index in [1.807, 2.05) is 0 Å². The Morgan fingerprint density at radius 2 is 1.60 bits per heavy atom. The molecule has 3 aromatic rings. The summed E-state index contributed by atoms with van der Waals surface area (Å²) < 4.78 is 22.6. The van der Waals surface area contributed by atoms with Crippen molar-refractivity contribution in [3.8, 4) is 23.0 Å². The Kier molecular flexibility index (Phi) is 3.03. The molecule has 25 heavy (non-hydrogen) atoms. The minimum Gasteiger partial charge on any atom is -0.493 e. The quantitative estimate of drug-likeness (QED) is 0.667. The zero-order chi connectivity index (χ0) is 17.1. The van der Waals surface area contributed by atoms with E-state index in [2.05, 4.69) is 36.2 Å². The van der Waals surface area contributed by atoms with Crippen molar-refractivity contribution in [3.05, 3.63) is 35.4 Å². The maximum absolute atomic E-state index is 5.77. The summed E-state index contributed by atoms with van der Waals surface area (Å²) in [7, 11) is 5.51. The van der Waals surface area contributed by atoms with Crippen LogP contribution in [0.3, 0.4) is 0 Å². The fraction of sp³-hybridized carbons (Fsp3) is 0.300. The fourth-order valence-electron chi connectivity index (χ4n) is 4.11. The highest BCUT2D eigenvalue weighted by Gasteiger charge is 2.25. The molecule has 128 valence electrons. The molecule has 2 aliphatic rings. The molecule has 3 aromatic carbocycles. The van der Waals surface area contributed by atoms with Crippen molar-refractivity contribution in [1.29, 1.82) is 0 Å². The van der Waals surface area contributed by atoms with Crippen molar-refractivity contribution in [3.63, 3.8) is 0 Å². The van der Waals surface area contributed by atoms with E-state index in [1.54, 1.807) is 14.2 Å². The fourth-order valence-corrected chi connectivity index (χ4v) is 4.11. The van der Waals surface area contributed by atoms with Crippen LogP contribution in [0.25, 0.3) is 21.5 Å². The number of rotatable bonds is 2. The molecule has 5 rings (SSSR count). The molecule has 0 radical (unpaired) electrons. The standard InChI is InChI=1S/C20H19NO4/c1-21-8-12-4-11-5-15-16(25-10-24-15)7-14(11)19-18(12)13(9-21)6-17(22-2)20(19)23-3/h4-7H,8-10H2,1-3H3. The Bertz CT molecular complexity index is 1030. The monoisotopic (exact) mass is 337 g/mol. The summed E-state index contributed by atoms with van der Waals surface area (Å²) in [5.74, 6) is 3.11. The van der Waals surface area contributed by atoms with E-state index < -0.39 is 0 Å². The third-order valence-corrected chi connectivity index (χ3v) is 5.10. The van der Waals surface area contributed by atoms with Gasteiger partial charge in [-0.15, -0.1) is 0 Å². The van der Waals surface area contributed by atoms with E-state index in [1.165, 1.54) is 16.5 Å². The summed E-state index contributed by atoms with van der Waals surface area (Å²) in [6.45, 7) is 2.06. The van der Waals surface area contributed by atoms with Gasteiger partial charge in [-0.2, -0.15) is 0 Å². The van der Waals surface area contributed by atoms with Crippen LogP contribution in [-0.4, -0.2) is 33.0 Å². The molecule has 0 saturated carbocycles. The van der Waals surface area contributed by atoms with Crippen LogP contribution in [0.15, 0.2) is 24.3 Å². The zero-order valence-corrected chi connectivity index (χ0v) is 14.5. The Balaban J connectivity index is 1.99. The smallest absolute Gasteiger partial charge is 0.231 e. The van der Waals surface area contributed by atoms with E-state index in [-0.39, 0.29) is 6.79 Å². The van der Waals surface area contributed by atoms with Gasteiger partial charge in [-0.25, -0.2) is 0 Å². The van der Waals surface area contributed by atoms with Gasteiger partial charge in [-0.3, -0.25) is 4.90 Å². The molecule has 0 unspecified atom stereocenters. The van der Waals surface area contributed by atoms with E-state index in [0.29, 0.717) is 0 Å². The minimum atomic E-state index is 0.269. The third-order valence-electron chi connectivity index (χ3n) is 5.10. The van der Waals surface area contributed by atoms with E-state index in [9.17, 15) is 0 Å². The molecule has 0 bridgehead atoms. The van der Waals surface area contributed by atoms with Gasteiger partial charge in [-0.05, 0) is 58.6 Å². The van der Waals surface area contributed by atoms with Crippen molar-refractivity contribution in [2.45, 2.75) is 13.1 Å².